The van der Waals surface area contributed by atoms with E-state index in [4.69, 9.17) is 0 Å². The van der Waals surface area contributed by atoms with Crippen molar-refractivity contribution in [3.05, 3.63) is 0 Å². The smallest absolute Gasteiger partial charge is 0.212 e. The molecule has 0 amide bonds. The van der Waals surface area contributed by atoms with Crippen LogP contribution in [0.2, 0.25) is 0 Å². The van der Waals surface area contributed by atoms with Crippen LogP contribution in [0.3, 0.4) is 0 Å². The van der Waals surface area contributed by atoms with Crippen LogP contribution in [0.25, 0.3) is 0 Å². The topological polar surface area (TPSA) is 37.4 Å². The minimum atomic E-state index is -2.90. The highest BCUT2D eigenvalue weighted by Crippen LogP contribution is 2.27. The summed E-state index contributed by atoms with van der Waals surface area (Å²) in [6, 6.07) is 0. The monoisotopic (exact) mass is 205 g/mol. The molecule has 13 heavy (non-hydrogen) atoms. The fourth-order valence-electron chi connectivity index (χ4n) is 1.57. The first-order chi connectivity index (χ1) is 6.01. The molecule has 1 heterocycles. The summed E-state index contributed by atoms with van der Waals surface area (Å²) in [4.78, 5) is 0. The molecule has 0 aromatic heterocycles. The molecule has 78 valence electrons. The lowest BCUT2D eigenvalue weighted by Gasteiger charge is -2.41. The predicted molar refractivity (Wildman–Crippen MR) is 54.0 cm³/mol. The van der Waals surface area contributed by atoms with Gasteiger partial charge in [0.2, 0.25) is 10.0 Å². The first-order valence-electron chi connectivity index (χ1n) is 4.99. The second-order valence-corrected chi connectivity index (χ2v) is 6.12. The second kappa shape index (κ2) is 3.96. The Morgan fingerprint density at radius 1 is 1.38 bits per heavy atom. The number of sulfonamides is 1. The van der Waals surface area contributed by atoms with E-state index in [1.807, 2.05) is 0 Å². The maximum Gasteiger partial charge on any atom is 0.213 e. The Labute approximate surface area is 81.2 Å². The molecule has 4 heteroatoms. The maximum absolute atomic E-state index is 11.4. The molecule has 1 aliphatic rings. The first kappa shape index (κ1) is 11.0. The zero-order valence-corrected chi connectivity index (χ0v) is 9.47. The molecule has 0 bridgehead atoms. The molecule has 0 N–H and O–H groups in total. The van der Waals surface area contributed by atoms with Gasteiger partial charge in [-0.1, -0.05) is 20.3 Å². The van der Waals surface area contributed by atoms with E-state index in [9.17, 15) is 8.42 Å². The van der Waals surface area contributed by atoms with Crippen molar-refractivity contribution >= 4 is 10.0 Å². The van der Waals surface area contributed by atoms with Crippen molar-refractivity contribution in [1.29, 1.82) is 0 Å². The summed E-state index contributed by atoms with van der Waals surface area (Å²) in [6.07, 6.45) is 1.14. The van der Waals surface area contributed by atoms with E-state index in [1.165, 1.54) is 0 Å². The number of nitrogens with zero attached hydrogens (tertiary/aromatic N) is 1. The predicted octanol–water partition coefficient (Wildman–Crippen LogP) is 1.31. The zero-order valence-electron chi connectivity index (χ0n) is 8.66. The number of rotatable bonds is 4. The van der Waals surface area contributed by atoms with Crippen LogP contribution in [0.4, 0.5) is 0 Å². The molecule has 1 atom stereocenters. The Morgan fingerprint density at radius 3 is 2.31 bits per heavy atom. The summed E-state index contributed by atoms with van der Waals surface area (Å²) >= 11 is 0. The average molecular weight is 205 g/mol. The fraction of sp³-hybridized carbons (Fsp3) is 1.00. The molecule has 1 aliphatic heterocycles. The molecule has 1 saturated heterocycles. The van der Waals surface area contributed by atoms with Gasteiger partial charge in [0.1, 0.15) is 0 Å². The van der Waals surface area contributed by atoms with E-state index >= 15 is 0 Å². The number of hydrogen-bond donors (Lipinski definition) is 0. The van der Waals surface area contributed by atoms with Gasteiger partial charge < -0.3 is 0 Å². The van der Waals surface area contributed by atoms with Crippen LogP contribution in [-0.2, 0) is 10.0 Å². The zero-order chi connectivity index (χ0) is 10.1. The molecule has 0 saturated carbocycles. The van der Waals surface area contributed by atoms with Gasteiger partial charge in [-0.3, -0.25) is 0 Å². The quantitative estimate of drug-likeness (QED) is 0.694. The summed E-state index contributed by atoms with van der Waals surface area (Å²) in [6.45, 7) is 7.53. The first-order valence-corrected chi connectivity index (χ1v) is 6.60. The summed E-state index contributed by atoms with van der Waals surface area (Å²) in [5.41, 5.74) is 0. The highest BCUT2D eigenvalue weighted by atomic mass is 32.2. The summed E-state index contributed by atoms with van der Waals surface area (Å²) in [5.74, 6) is 1.48. The van der Waals surface area contributed by atoms with Crippen molar-refractivity contribution in [2.24, 2.45) is 11.8 Å². The molecule has 0 spiro atoms. The maximum atomic E-state index is 11.4. The van der Waals surface area contributed by atoms with Crippen molar-refractivity contribution in [3.63, 3.8) is 0 Å². The van der Waals surface area contributed by atoms with Gasteiger partial charge in [-0.15, -0.1) is 0 Å². The Balaban J connectivity index is 2.42. The molecule has 0 aromatic rings. The third-order valence-corrected chi connectivity index (χ3v) is 4.90. The Kier molecular flexibility index (Phi) is 3.35. The minimum Gasteiger partial charge on any atom is -0.212 e. The van der Waals surface area contributed by atoms with Crippen molar-refractivity contribution < 1.29 is 8.42 Å². The van der Waals surface area contributed by atoms with Gasteiger partial charge >= 0.3 is 0 Å². The molecule has 0 radical (unpaired) electrons. The van der Waals surface area contributed by atoms with E-state index in [1.54, 1.807) is 11.2 Å². The van der Waals surface area contributed by atoms with Gasteiger partial charge in [0.05, 0.1) is 5.75 Å². The minimum absolute atomic E-state index is 0.236. The van der Waals surface area contributed by atoms with Gasteiger partial charge in [-0.05, 0) is 18.8 Å². The standard InChI is InChI=1S/C9H19NO2S/c1-4-8(3)9-6-10(7-9)13(11,12)5-2/h8-9H,4-7H2,1-3H3. The molecule has 0 aromatic carbocycles. The number of hydrogen-bond acceptors (Lipinski definition) is 2. The van der Waals surface area contributed by atoms with E-state index in [0.29, 0.717) is 11.8 Å². The Bertz CT molecular complexity index is 255. The SMILES string of the molecule is CCC(C)C1CN(S(=O)(=O)CC)C1. The second-order valence-electron chi connectivity index (χ2n) is 3.86. The van der Waals surface area contributed by atoms with Gasteiger partial charge in [-0.25, -0.2) is 12.7 Å². The Hall–Kier alpha value is -0.0900. The lowest BCUT2D eigenvalue weighted by Crippen LogP contribution is -2.52. The van der Waals surface area contributed by atoms with Crippen LogP contribution in [0.1, 0.15) is 27.2 Å². The van der Waals surface area contributed by atoms with Gasteiger partial charge in [0.25, 0.3) is 0 Å². The Morgan fingerprint density at radius 2 is 1.92 bits per heavy atom. The third kappa shape index (κ3) is 2.23. The summed E-state index contributed by atoms with van der Waals surface area (Å²) < 4.78 is 24.3. The summed E-state index contributed by atoms with van der Waals surface area (Å²) in [7, 11) is -2.90. The summed E-state index contributed by atoms with van der Waals surface area (Å²) in [5, 5.41) is 0. The van der Waals surface area contributed by atoms with E-state index in [2.05, 4.69) is 13.8 Å². The van der Waals surface area contributed by atoms with Gasteiger partial charge in [0, 0.05) is 13.1 Å². The van der Waals surface area contributed by atoms with E-state index in [-0.39, 0.29) is 5.75 Å². The highest BCUT2D eigenvalue weighted by molar-refractivity contribution is 7.89. The van der Waals surface area contributed by atoms with Crippen LogP contribution < -0.4 is 0 Å². The van der Waals surface area contributed by atoms with Crippen molar-refractivity contribution in [2.75, 3.05) is 18.8 Å². The van der Waals surface area contributed by atoms with Crippen molar-refractivity contribution in [3.8, 4) is 0 Å². The van der Waals surface area contributed by atoms with Crippen LogP contribution in [0.5, 0.6) is 0 Å². The van der Waals surface area contributed by atoms with Gasteiger partial charge in [0.15, 0.2) is 0 Å². The van der Waals surface area contributed by atoms with Gasteiger partial charge in [-0.2, -0.15) is 0 Å². The lowest BCUT2D eigenvalue weighted by molar-refractivity contribution is 0.141. The molecule has 1 unspecified atom stereocenters. The van der Waals surface area contributed by atoms with Crippen LogP contribution in [0.15, 0.2) is 0 Å². The van der Waals surface area contributed by atoms with E-state index < -0.39 is 10.0 Å². The average Bonchev–Trinajstić information content (AvgIpc) is 2.01. The lowest BCUT2D eigenvalue weighted by atomic mass is 9.87. The molecule has 1 rings (SSSR count). The molecule has 0 aliphatic carbocycles. The van der Waals surface area contributed by atoms with Crippen LogP contribution in [0, 0.1) is 11.8 Å². The third-order valence-electron chi connectivity index (χ3n) is 3.08. The normalized spacial score (nSPS) is 22.7. The highest BCUT2D eigenvalue weighted by Gasteiger charge is 2.36. The van der Waals surface area contributed by atoms with Crippen molar-refractivity contribution in [2.45, 2.75) is 27.2 Å². The molecule has 1 fully saturated rings. The molecular weight excluding hydrogens is 186 g/mol. The van der Waals surface area contributed by atoms with Crippen LogP contribution in [-0.4, -0.2) is 31.6 Å². The molecule has 3 nitrogen and oxygen atoms in total. The van der Waals surface area contributed by atoms with Crippen LogP contribution >= 0.6 is 0 Å². The van der Waals surface area contributed by atoms with E-state index in [0.717, 1.165) is 19.5 Å². The molecular formula is C9H19NO2S. The van der Waals surface area contributed by atoms with Crippen molar-refractivity contribution in [1.82, 2.24) is 4.31 Å². The fourth-order valence-corrected chi connectivity index (χ4v) is 2.77. The largest absolute Gasteiger partial charge is 0.213 e.